The topological polar surface area (TPSA) is 32.3 Å². The highest BCUT2D eigenvalue weighted by atomic mass is 32.2. The Bertz CT molecular complexity index is 785. The Hall–Kier alpha value is -2.41. The minimum Gasteiger partial charge on any atom is -0.311 e. The van der Waals surface area contributed by atoms with E-state index in [0.717, 1.165) is 10.5 Å². The Morgan fingerprint density at radius 1 is 1.08 bits per heavy atom. The average molecular weight is 364 g/mol. The number of para-hydroxylation sites is 1. The van der Waals surface area contributed by atoms with Gasteiger partial charge < -0.3 is 5.32 Å². The molecule has 1 heterocycles. The third kappa shape index (κ3) is 3.00. The first kappa shape index (κ1) is 17.4. The number of hydrogen-bond acceptors (Lipinski definition) is 2. The lowest BCUT2D eigenvalue weighted by atomic mass is 10.0. The van der Waals surface area contributed by atoms with Crippen molar-refractivity contribution in [1.29, 1.82) is 0 Å². The molecule has 2 aromatic rings. The number of nitrogens with one attached hydrogen (secondary N) is 1. The maximum Gasteiger partial charge on any atom is 0.425 e. The molecule has 2 amide bonds. The summed E-state index contributed by atoms with van der Waals surface area (Å²) in [5, 5.41) is 2.16. The lowest BCUT2D eigenvalue weighted by Crippen LogP contribution is -2.60. The van der Waals surface area contributed by atoms with Gasteiger partial charge in [-0.1, -0.05) is 66.4 Å². The molecule has 1 aliphatic rings. The van der Waals surface area contributed by atoms with E-state index < -0.39 is 17.1 Å². The van der Waals surface area contributed by atoms with Crippen molar-refractivity contribution >= 4 is 23.5 Å². The summed E-state index contributed by atoms with van der Waals surface area (Å²) in [7, 11) is 0. The number of aryl methyl sites for hydroxylation is 1. The average Bonchev–Trinajstić information content (AvgIpc) is 2.54. The molecular weight excluding hydrogens is 349 g/mol. The number of carbonyl (C=O) groups is 1. The molecule has 130 valence electrons. The molecule has 1 N–H and O–H groups in total. The number of alkyl halides is 3. The van der Waals surface area contributed by atoms with Crippen LogP contribution in [0.5, 0.6) is 0 Å². The fourth-order valence-electron chi connectivity index (χ4n) is 2.62. The quantitative estimate of drug-likeness (QED) is 0.800. The smallest absolute Gasteiger partial charge is 0.311 e. The van der Waals surface area contributed by atoms with Crippen LogP contribution in [-0.4, -0.2) is 12.2 Å². The van der Waals surface area contributed by atoms with Gasteiger partial charge in [0, 0.05) is 0 Å². The van der Waals surface area contributed by atoms with Crippen LogP contribution in [0.1, 0.15) is 11.1 Å². The second-order valence-electron chi connectivity index (χ2n) is 5.64. The van der Waals surface area contributed by atoms with Crippen LogP contribution in [0.15, 0.2) is 66.2 Å². The molecule has 0 aromatic heterocycles. The van der Waals surface area contributed by atoms with Crippen LogP contribution in [0.4, 0.5) is 23.7 Å². The Labute approximate surface area is 147 Å². The monoisotopic (exact) mass is 364 g/mol. The number of halogens is 3. The molecule has 0 saturated carbocycles. The summed E-state index contributed by atoms with van der Waals surface area (Å²) in [5.41, 5.74) is 1.24. The molecule has 7 heteroatoms. The number of amides is 2. The van der Waals surface area contributed by atoms with Gasteiger partial charge in [-0.25, -0.2) is 4.79 Å². The molecule has 2 aromatic carbocycles. The van der Waals surface area contributed by atoms with E-state index in [2.05, 4.69) is 11.9 Å². The van der Waals surface area contributed by atoms with E-state index in [0.29, 0.717) is 17.4 Å². The van der Waals surface area contributed by atoms with Gasteiger partial charge in [0.15, 0.2) is 0 Å². The van der Waals surface area contributed by atoms with E-state index in [1.54, 1.807) is 49.4 Å². The van der Waals surface area contributed by atoms with Crippen molar-refractivity contribution < 1.29 is 18.0 Å². The summed E-state index contributed by atoms with van der Waals surface area (Å²) in [6.45, 7) is 5.49. The third-order valence-corrected chi connectivity index (χ3v) is 5.17. The van der Waals surface area contributed by atoms with E-state index in [1.807, 2.05) is 0 Å². The molecule has 0 radical (unpaired) electrons. The lowest BCUT2D eigenvalue weighted by molar-refractivity contribution is -0.167. The molecule has 0 spiro atoms. The summed E-state index contributed by atoms with van der Waals surface area (Å²) < 4.78 is 41.9. The van der Waals surface area contributed by atoms with Gasteiger partial charge in [0.1, 0.15) is 0 Å². The molecule has 1 fully saturated rings. The molecule has 0 bridgehead atoms. The van der Waals surface area contributed by atoms with Crippen LogP contribution < -0.4 is 10.2 Å². The number of hydrogen-bond donors (Lipinski definition) is 1. The Balaban J connectivity index is 2.05. The second-order valence-corrected chi connectivity index (χ2v) is 6.93. The van der Waals surface area contributed by atoms with Crippen LogP contribution in [0.2, 0.25) is 0 Å². The molecule has 1 atom stereocenters. The predicted molar refractivity (Wildman–Crippen MR) is 93.1 cm³/mol. The highest BCUT2D eigenvalue weighted by Crippen LogP contribution is 2.53. The molecule has 0 aliphatic carbocycles. The normalized spacial score (nSPS) is 21.2. The van der Waals surface area contributed by atoms with Crippen molar-refractivity contribution in [3.63, 3.8) is 0 Å². The van der Waals surface area contributed by atoms with Crippen LogP contribution in [0.25, 0.3) is 0 Å². The van der Waals surface area contributed by atoms with Gasteiger partial charge in [0.25, 0.3) is 0 Å². The Kier molecular flexibility index (Phi) is 4.28. The lowest BCUT2D eigenvalue weighted by Gasteiger charge is -2.43. The fourth-order valence-corrected chi connectivity index (χ4v) is 3.76. The first-order chi connectivity index (χ1) is 11.7. The van der Waals surface area contributed by atoms with Crippen molar-refractivity contribution in [2.45, 2.75) is 18.0 Å². The van der Waals surface area contributed by atoms with E-state index in [-0.39, 0.29) is 10.6 Å². The maximum absolute atomic E-state index is 14.0. The van der Waals surface area contributed by atoms with Crippen LogP contribution in [-0.2, 0) is 4.87 Å². The zero-order valence-electron chi connectivity index (χ0n) is 13.3. The molecule has 1 saturated heterocycles. The number of nitrogens with zero attached hydrogens (tertiary/aromatic N) is 1. The van der Waals surface area contributed by atoms with Crippen molar-refractivity contribution in [1.82, 2.24) is 5.32 Å². The van der Waals surface area contributed by atoms with Gasteiger partial charge in [-0.2, -0.15) is 13.2 Å². The minimum absolute atomic E-state index is 0.00727. The van der Waals surface area contributed by atoms with E-state index in [9.17, 15) is 18.0 Å². The number of benzene rings is 2. The third-order valence-electron chi connectivity index (χ3n) is 3.88. The van der Waals surface area contributed by atoms with E-state index in [4.69, 9.17) is 0 Å². The maximum atomic E-state index is 14.0. The number of rotatable bonds is 2. The van der Waals surface area contributed by atoms with Gasteiger partial charge in [0.05, 0.1) is 10.7 Å². The number of urea groups is 1. The standard InChI is InChI=1S/C18H15F3N2OS/c1-12-8-10-14(11-9-12)17(18(19,20)21)22-16(24)23(13(2)25-17)15-6-4-3-5-7-15/h3-11H,2H2,1H3,(H,22,24)/t17-/m1/s1. The largest absolute Gasteiger partial charge is 0.425 e. The fraction of sp³-hybridized carbons (Fsp3) is 0.167. The summed E-state index contributed by atoms with van der Waals surface area (Å²) in [6, 6.07) is 13.5. The zero-order chi connectivity index (χ0) is 18.2. The van der Waals surface area contributed by atoms with Crippen molar-refractivity contribution in [3.8, 4) is 0 Å². The van der Waals surface area contributed by atoms with Gasteiger partial charge in [0.2, 0.25) is 4.87 Å². The van der Waals surface area contributed by atoms with Gasteiger partial charge >= 0.3 is 12.2 Å². The molecule has 0 unspecified atom stereocenters. The highest BCUT2D eigenvalue weighted by molar-refractivity contribution is 8.04. The van der Waals surface area contributed by atoms with Crippen molar-refractivity contribution in [2.75, 3.05) is 4.90 Å². The first-order valence-electron chi connectivity index (χ1n) is 7.44. The molecular formula is C18H15F3N2OS. The van der Waals surface area contributed by atoms with Crippen molar-refractivity contribution in [2.24, 2.45) is 0 Å². The number of anilines is 1. The molecule has 3 rings (SSSR count). The van der Waals surface area contributed by atoms with Gasteiger partial charge in [-0.15, -0.1) is 0 Å². The second kappa shape index (κ2) is 6.15. The minimum atomic E-state index is -4.70. The molecule has 1 aliphatic heterocycles. The SMILES string of the molecule is C=C1S[C@](c2ccc(C)cc2)(C(F)(F)F)NC(=O)N1c1ccccc1. The van der Waals surface area contributed by atoms with Gasteiger partial charge in [-0.3, -0.25) is 4.90 Å². The Morgan fingerprint density at radius 2 is 1.68 bits per heavy atom. The summed E-state index contributed by atoms with van der Waals surface area (Å²) in [6.07, 6.45) is -4.70. The van der Waals surface area contributed by atoms with E-state index >= 15 is 0 Å². The van der Waals surface area contributed by atoms with Crippen molar-refractivity contribution in [3.05, 3.63) is 77.3 Å². The highest BCUT2D eigenvalue weighted by Gasteiger charge is 2.61. The van der Waals surface area contributed by atoms with E-state index in [1.165, 1.54) is 12.1 Å². The number of thioether (sulfide) groups is 1. The summed E-state index contributed by atoms with van der Waals surface area (Å²) in [4.78, 5) is 11.1. The van der Waals surface area contributed by atoms with Crippen LogP contribution in [0.3, 0.4) is 0 Å². The summed E-state index contributed by atoms with van der Waals surface area (Å²) in [5.74, 6) is 0. The predicted octanol–water partition coefficient (Wildman–Crippen LogP) is 5.14. The number of carbonyl (C=O) groups excluding carboxylic acids is 1. The van der Waals surface area contributed by atoms with Crippen LogP contribution in [0, 0.1) is 6.92 Å². The molecule has 3 nitrogen and oxygen atoms in total. The van der Waals surface area contributed by atoms with Gasteiger partial charge in [-0.05, 0) is 24.6 Å². The summed E-state index contributed by atoms with van der Waals surface area (Å²) >= 11 is 0.481. The zero-order valence-corrected chi connectivity index (χ0v) is 14.1. The first-order valence-corrected chi connectivity index (χ1v) is 8.25. The van der Waals surface area contributed by atoms with Crippen LogP contribution >= 0.6 is 11.8 Å². The molecule has 25 heavy (non-hydrogen) atoms. The Morgan fingerprint density at radius 3 is 2.20 bits per heavy atom.